The molecular weight excluding hydrogens is 277 g/mol. The van der Waals surface area contributed by atoms with Crippen LogP contribution in [-0.2, 0) is 0 Å². The van der Waals surface area contributed by atoms with Crippen LogP contribution in [0.4, 0.5) is 26.2 Å². The van der Waals surface area contributed by atoms with Crippen LogP contribution in [0.3, 0.4) is 0 Å². The molecule has 0 radical (unpaired) electrons. The van der Waals surface area contributed by atoms with Crippen molar-refractivity contribution < 1.29 is 18.7 Å². The Morgan fingerprint density at radius 3 is 2.52 bits per heavy atom. The molecule has 0 bridgehead atoms. The molecule has 0 spiro atoms. The number of ether oxygens (including phenoxy) is 2. The van der Waals surface area contributed by atoms with Crippen molar-refractivity contribution >= 4 is 23.1 Å². The number of carbonyl (C=O) groups is 1. The number of nitrogens with two attached hydrogens (primary N) is 1. The van der Waals surface area contributed by atoms with Crippen LogP contribution in [0.2, 0.25) is 0 Å². The molecule has 108 valence electrons. The predicted octanol–water partition coefficient (Wildman–Crippen LogP) is 2.78. The van der Waals surface area contributed by atoms with Gasteiger partial charge in [0.05, 0.1) is 17.1 Å². The fourth-order valence-electron chi connectivity index (χ4n) is 1.90. The second-order valence-corrected chi connectivity index (χ2v) is 4.35. The summed E-state index contributed by atoms with van der Waals surface area (Å²) in [6, 6.07) is 8.37. The first-order chi connectivity index (χ1) is 10.1. The summed E-state index contributed by atoms with van der Waals surface area (Å²) in [5, 5.41) is 4.94. The number of fused-ring (bicyclic) bond motifs is 1. The number of urea groups is 1. The van der Waals surface area contributed by atoms with Gasteiger partial charge in [0, 0.05) is 12.1 Å². The first-order valence-corrected chi connectivity index (χ1v) is 6.15. The molecule has 2 aromatic carbocycles. The van der Waals surface area contributed by atoms with E-state index in [2.05, 4.69) is 10.6 Å². The molecule has 0 atom stereocenters. The van der Waals surface area contributed by atoms with Crippen LogP contribution in [0.1, 0.15) is 0 Å². The van der Waals surface area contributed by atoms with E-state index in [4.69, 9.17) is 15.2 Å². The van der Waals surface area contributed by atoms with E-state index in [-0.39, 0.29) is 12.5 Å². The summed E-state index contributed by atoms with van der Waals surface area (Å²) >= 11 is 0. The van der Waals surface area contributed by atoms with Gasteiger partial charge in [0.15, 0.2) is 11.5 Å². The minimum atomic E-state index is -0.606. The van der Waals surface area contributed by atoms with E-state index in [9.17, 15) is 9.18 Å². The molecule has 4 N–H and O–H groups in total. The highest BCUT2D eigenvalue weighted by Gasteiger charge is 2.17. The standard InChI is InChI=1S/C14H12FN3O3/c15-8-3-1-2-4-10(8)17-14(19)18-11-6-13-12(5-9(11)16)20-7-21-13/h1-6H,7,16H2,(H2,17,18,19). The van der Waals surface area contributed by atoms with Gasteiger partial charge in [-0.25, -0.2) is 9.18 Å². The molecule has 21 heavy (non-hydrogen) atoms. The molecule has 1 aliphatic rings. The molecule has 2 amide bonds. The van der Waals surface area contributed by atoms with E-state index in [0.717, 1.165) is 0 Å². The maximum absolute atomic E-state index is 13.4. The molecule has 2 aromatic rings. The van der Waals surface area contributed by atoms with Gasteiger partial charge in [-0.3, -0.25) is 0 Å². The number of carbonyl (C=O) groups excluding carboxylic acids is 1. The third-order valence-corrected chi connectivity index (χ3v) is 2.91. The Morgan fingerprint density at radius 1 is 1.10 bits per heavy atom. The van der Waals surface area contributed by atoms with Crippen LogP contribution in [0.25, 0.3) is 0 Å². The molecule has 0 saturated carbocycles. The van der Waals surface area contributed by atoms with Gasteiger partial charge < -0.3 is 25.8 Å². The van der Waals surface area contributed by atoms with Gasteiger partial charge in [0.1, 0.15) is 5.82 Å². The lowest BCUT2D eigenvalue weighted by atomic mass is 10.2. The highest BCUT2D eigenvalue weighted by molar-refractivity contribution is 6.02. The van der Waals surface area contributed by atoms with Crippen LogP contribution in [-0.4, -0.2) is 12.8 Å². The highest BCUT2D eigenvalue weighted by atomic mass is 19.1. The van der Waals surface area contributed by atoms with Crippen LogP contribution < -0.4 is 25.8 Å². The Labute approximate surface area is 119 Å². The number of benzene rings is 2. The summed E-state index contributed by atoms with van der Waals surface area (Å²) < 4.78 is 23.8. The van der Waals surface area contributed by atoms with Crippen molar-refractivity contribution in [3.8, 4) is 11.5 Å². The summed E-state index contributed by atoms with van der Waals surface area (Å²) in [6.07, 6.45) is 0. The van der Waals surface area contributed by atoms with Crippen LogP contribution in [0.5, 0.6) is 11.5 Å². The van der Waals surface area contributed by atoms with Crippen LogP contribution >= 0.6 is 0 Å². The van der Waals surface area contributed by atoms with Gasteiger partial charge in [0.25, 0.3) is 0 Å². The lowest BCUT2D eigenvalue weighted by Crippen LogP contribution is -2.20. The largest absolute Gasteiger partial charge is 0.454 e. The topological polar surface area (TPSA) is 85.6 Å². The Morgan fingerprint density at radius 2 is 1.76 bits per heavy atom. The molecule has 0 saturated heterocycles. The van der Waals surface area contributed by atoms with E-state index < -0.39 is 11.8 Å². The first-order valence-electron chi connectivity index (χ1n) is 6.15. The summed E-state index contributed by atoms with van der Waals surface area (Å²) in [6.45, 7) is 0.111. The van der Waals surface area contributed by atoms with E-state index in [0.29, 0.717) is 22.9 Å². The Bertz CT molecular complexity index is 706. The average Bonchev–Trinajstić information content (AvgIpc) is 2.89. The van der Waals surface area contributed by atoms with Crippen LogP contribution in [0.15, 0.2) is 36.4 Å². The van der Waals surface area contributed by atoms with Gasteiger partial charge >= 0.3 is 6.03 Å². The minimum Gasteiger partial charge on any atom is -0.454 e. The van der Waals surface area contributed by atoms with Crippen LogP contribution in [0, 0.1) is 5.82 Å². The number of nitrogens with one attached hydrogen (secondary N) is 2. The molecule has 1 heterocycles. The summed E-state index contributed by atoms with van der Waals surface area (Å²) in [5.74, 6) is 0.490. The fourth-order valence-corrected chi connectivity index (χ4v) is 1.90. The maximum Gasteiger partial charge on any atom is 0.323 e. The zero-order valence-corrected chi connectivity index (χ0v) is 10.9. The van der Waals surface area contributed by atoms with E-state index >= 15 is 0 Å². The number of para-hydroxylation sites is 1. The molecule has 7 heteroatoms. The number of nitrogen functional groups attached to an aromatic ring is 1. The molecule has 3 rings (SSSR count). The number of hydrogen-bond acceptors (Lipinski definition) is 4. The second kappa shape index (κ2) is 5.20. The zero-order valence-electron chi connectivity index (χ0n) is 10.9. The molecular formula is C14H12FN3O3. The van der Waals surface area contributed by atoms with Crippen molar-refractivity contribution in [3.63, 3.8) is 0 Å². The minimum absolute atomic E-state index is 0.0781. The average molecular weight is 289 g/mol. The Balaban J connectivity index is 1.75. The monoisotopic (exact) mass is 289 g/mol. The first kappa shape index (κ1) is 13.0. The SMILES string of the molecule is Nc1cc2c(cc1NC(=O)Nc1ccccc1F)OCO2. The number of hydrogen-bond donors (Lipinski definition) is 3. The predicted molar refractivity (Wildman–Crippen MR) is 76.0 cm³/mol. The van der Waals surface area contributed by atoms with E-state index in [1.54, 1.807) is 18.2 Å². The molecule has 0 aromatic heterocycles. The number of halogens is 1. The fraction of sp³-hybridized carbons (Fsp3) is 0.0714. The van der Waals surface area contributed by atoms with Crippen molar-refractivity contribution in [2.24, 2.45) is 0 Å². The number of rotatable bonds is 2. The Hall–Kier alpha value is -2.96. The maximum atomic E-state index is 13.4. The molecule has 0 fully saturated rings. The molecule has 1 aliphatic heterocycles. The highest BCUT2D eigenvalue weighted by Crippen LogP contribution is 2.38. The number of amides is 2. The third kappa shape index (κ3) is 2.66. The molecule has 0 unspecified atom stereocenters. The lowest BCUT2D eigenvalue weighted by Gasteiger charge is -2.11. The zero-order chi connectivity index (χ0) is 14.8. The van der Waals surface area contributed by atoms with E-state index in [1.807, 2.05) is 0 Å². The van der Waals surface area contributed by atoms with Crippen molar-refractivity contribution in [2.75, 3.05) is 23.2 Å². The summed E-state index contributed by atoms with van der Waals surface area (Å²) in [5.41, 5.74) is 6.57. The van der Waals surface area contributed by atoms with Gasteiger partial charge in [-0.1, -0.05) is 12.1 Å². The van der Waals surface area contributed by atoms with Gasteiger partial charge in [-0.15, -0.1) is 0 Å². The third-order valence-electron chi connectivity index (χ3n) is 2.91. The summed E-state index contributed by atoms with van der Waals surface area (Å²) in [4.78, 5) is 11.9. The van der Waals surface area contributed by atoms with Crippen molar-refractivity contribution in [2.45, 2.75) is 0 Å². The molecule has 6 nitrogen and oxygen atoms in total. The van der Waals surface area contributed by atoms with Crippen molar-refractivity contribution in [1.29, 1.82) is 0 Å². The van der Waals surface area contributed by atoms with Gasteiger partial charge in [-0.2, -0.15) is 0 Å². The quantitative estimate of drug-likeness (QED) is 0.742. The lowest BCUT2D eigenvalue weighted by molar-refractivity contribution is 0.174. The molecule has 0 aliphatic carbocycles. The van der Waals surface area contributed by atoms with Crippen molar-refractivity contribution in [1.82, 2.24) is 0 Å². The second-order valence-electron chi connectivity index (χ2n) is 4.35. The number of anilines is 3. The summed E-state index contributed by atoms with van der Waals surface area (Å²) in [7, 11) is 0. The Kier molecular flexibility index (Phi) is 3.23. The smallest absolute Gasteiger partial charge is 0.323 e. The van der Waals surface area contributed by atoms with E-state index in [1.165, 1.54) is 18.2 Å². The normalized spacial score (nSPS) is 12.0. The van der Waals surface area contributed by atoms with Gasteiger partial charge in [-0.05, 0) is 12.1 Å². The van der Waals surface area contributed by atoms with Gasteiger partial charge in [0.2, 0.25) is 6.79 Å². The van der Waals surface area contributed by atoms with Crippen molar-refractivity contribution in [3.05, 3.63) is 42.2 Å².